The van der Waals surface area contributed by atoms with Crippen molar-refractivity contribution < 1.29 is 4.74 Å². The summed E-state index contributed by atoms with van der Waals surface area (Å²) in [6.07, 6.45) is 2.36. The van der Waals surface area contributed by atoms with Crippen LogP contribution in [0.2, 0.25) is 0 Å². The lowest BCUT2D eigenvalue weighted by atomic mass is 9.86. The molecule has 0 amide bonds. The fraction of sp³-hybridized carbons (Fsp3) is 1.00. The molecular weight excluding hydrogens is 202 g/mol. The van der Waals surface area contributed by atoms with Crippen molar-refractivity contribution in [1.82, 2.24) is 9.80 Å². The van der Waals surface area contributed by atoms with E-state index in [-0.39, 0.29) is 5.54 Å². The number of rotatable bonds is 6. The summed E-state index contributed by atoms with van der Waals surface area (Å²) in [5, 5.41) is 0. The van der Waals surface area contributed by atoms with Crippen LogP contribution in [0.1, 0.15) is 19.8 Å². The van der Waals surface area contributed by atoms with Crippen molar-refractivity contribution in [3.8, 4) is 0 Å². The molecule has 0 aromatic carbocycles. The molecule has 4 nitrogen and oxygen atoms in total. The van der Waals surface area contributed by atoms with Gasteiger partial charge in [-0.25, -0.2) is 0 Å². The lowest BCUT2D eigenvalue weighted by molar-refractivity contribution is 0.0302. The molecule has 1 rings (SSSR count). The molecule has 0 atom stereocenters. The molecule has 0 unspecified atom stereocenters. The number of hydrogen-bond acceptors (Lipinski definition) is 4. The zero-order chi connectivity index (χ0) is 12.0. The number of hydrogen-bond donors (Lipinski definition) is 1. The van der Waals surface area contributed by atoms with Gasteiger partial charge in [0.1, 0.15) is 0 Å². The monoisotopic (exact) mass is 229 g/mol. The largest absolute Gasteiger partial charge is 0.383 e. The predicted octanol–water partition coefficient (Wildman–Crippen LogP) is 0.378. The minimum Gasteiger partial charge on any atom is -0.383 e. The van der Waals surface area contributed by atoms with E-state index in [2.05, 4.69) is 23.8 Å². The molecule has 1 aliphatic heterocycles. The van der Waals surface area contributed by atoms with Gasteiger partial charge >= 0.3 is 0 Å². The lowest BCUT2D eigenvalue weighted by Gasteiger charge is -2.46. The summed E-state index contributed by atoms with van der Waals surface area (Å²) in [5.74, 6) is 0. The van der Waals surface area contributed by atoms with Crippen LogP contribution in [-0.2, 0) is 4.74 Å². The van der Waals surface area contributed by atoms with Crippen LogP contribution in [0.5, 0.6) is 0 Å². The van der Waals surface area contributed by atoms with Gasteiger partial charge in [-0.15, -0.1) is 0 Å². The Morgan fingerprint density at radius 1 is 1.38 bits per heavy atom. The van der Waals surface area contributed by atoms with Gasteiger partial charge in [-0.05, 0) is 39.5 Å². The SMILES string of the molecule is CCN1CCC(CN)(N(C)CCOC)CC1. The average molecular weight is 229 g/mol. The first-order chi connectivity index (χ1) is 7.68. The maximum absolute atomic E-state index is 6.00. The van der Waals surface area contributed by atoms with E-state index in [4.69, 9.17) is 10.5 Å². The molecule has 0 radical (unpaired) electrons. The third kappa shape index (κ3) is 3.17. The maximum atomic E-state index is 6.00. The van der Waals surface area contributed by atoms with Gasteiger partial charge < -0.3 is 15.4 Å². The van der Waals surface area contributed by atoms with Gasteiger partial charge in [-0.2, -0.15) is 0 Å². The molecule has 1 aliphatic rings. The highest BCUT2D eigenvalue weighted by atomic mass is 16.5. The minimum atomic E-state index is 0.199. The molecule has 1 heterocycles. The number of nitrogens with zero attached hydrogens (tertiary/aromatic N) is 2. The smallest absolute Gasteiger partial charge is 0.0589 e. The number of likely N-dealkylation sites (tertiary alicyclic amines) is 1. The number of methoxy groups -OCH3 is 1. The van der Waals surface area contributed by atoms with Gasteiger partial charge in [0.05, 0.1) is 6.61 Å². The second-order valence-electron chi connectivity index (χ2n) is 4.78. The summed E-state index contributed by atoms with van der Waals surface area (Å²) in [7, 11) is 3.93. The Balaban J connectivity index is 2.51. The molecule has 1 fully saturated rings. The van der Waals surface area contributed by atoms with Crippen molar-refractivity contribution in [2.45, 2.75) is 25.3 Å². The molecule has 0 saturated carbocycles. The van der Waals surface area contributed by atoms with Crippen LogP contribution in [0.4, 0.5) is 0 Å². The van der Waals surface area contributed by atoms with Gasteiger partial charge in [0.25, 0.3) is 0 Å². The summed E-state index contributed by atoms with van der Waals surface area (Å²) in [4.78, 5) is 4.89. The zero-order valence-corrected chi connectivity index (χ0v) is 11.0. The number of piperidine rings is 1. The first-order valence-electron chi connectivity index (χ1n) is 6.31. The second-order valence-corrected chi connectivity index (χ2v) is 4.78. The van der Waals surface area contributed by atoms with E-state index in [1.54, 1.807) is 7.11 Å². The molecule has 0 spiro atoms. The van der Waals surface area contributed by atoms with E-state index in [0.29, 0.717) is 0 Å². The van der Waals surface area contributed by atoms with Crippen LogP contribution in [0.15, 0.2) is 0 Å². The van der Waals surface area contributed by atoms with Crippen molar-refractivity contribution in [3.63, 3.8) is 0 Å². The highest BCUT2D eigenvalue weighted by molar-refractivity contribution is 4.95. The normalized spacial score (nSPS) is 21.6. The summed E-state index contributed by atoms with van der Waals surface area (Å²) in [6.45, 7) is 8.24. The molecule has 2 N–H and O–H groups in total. The Morgan fingerprint density at radius 3 is 2.44 bits per heavy atom. The van der Waals surface area contributed by atoms with Crippen molar-refractivity contribution in [2.75, 3.05) is 53.5 Å². The van der Waals surface area contributed by atoms with E-state index in [0.717, 1.165) is 26.2 Å². The molecule has 0 aromatic rings. The topological polar surface area (TPSA) is 41.7 Å². The number of likely N-dealkylation sites (N-methyl/N-ethyl adjacent to an activating group) is 1. The Labute approximate surface area is 99.7 Å². The fourth-order valence-corrected chi connectivity index (χ4v) is 2.49. The van der Waals surface area contributed by atoms with Crippen LogP contribution in [-0.4, -0.2) is 68.8 Å². The predicted molar refractivity (Wildman–Crippen MR) is 67.6 cm³/mol. The first kappa shape index (κ1) is 13.9. The molecule has 1 saturated heterocycles. The van der Waals surface area contributed by atoms with E-state index in [1.807, 2.05) is 0 Å². The Hall–Kier alpha value is -0.160. The van der Waals surface area contributed by atoms with E-state index >= 15 is 0 Å². The quantitative estimate of drug-likeness (QED) is 0.715. The molecule has 96 valence electrons. The van der Waals surface area contributed by atoms with E-state index < -0.39 is 0 Å². The van der Waals surface area contributed by atoms with E-state index in [1.165, 1.54) is 25.9 Å². The Morgan fingerprint density at radius 2 is 2.00 bits per heavy atom. The van der Waals surface area contributed by atoms with Gasteiger partial charge in [0, 0.05) is 25.7 Å². The van der Waals surface area contributed by atoms with E-state index in [9.17, 15) is 0 Å². The van der Waals surface area contributed by atoms with Crippen molar-refractivity contribution in [2.24, 2.45) is 5.73 Å². The summed E-state index contributed by atoms with van der Waals surface area (Å²) < 4.78 is 5.14. The first-order valence-corrected chi connectivity index (χ1v) is 6.31. The van der Waals surface area contributed by atoms with Crippen molar-refractivity contribution in [3.05, 3.63) is 0 Å². The standard InChI is InChI=1S/C12H27N3O/c1-4-15-7-5-12(11-13,6-8-15)14(2)9-10-16-3/h4-11,13H2,1-3H3. The molecule has 4 heteroatoms. The van der Waals surface area contributed by atoms with Gasteiger partial charge in [0.2, 0.25) is 0 Å². The van der Waals surface area contributed by atoms with Crippen LogP contribution < -0.4 is 5.73 Å². The summed E-state index contributed by atoms with van der Waals surface area (Å²) in [5.41, 5.74) is 6.20. The zero-order valence-electron chi connectivity index (χ0n) is 11.0. The third-order valence-electron chi connectivity index (χ3n) is 4.05. The van der Waals surface area contributed by atoms with Crippen LogP contribution in [0.3, 0.4) is 0 Å². The molecule has 0 aliphatic carbocycles. The van der Waals surface area contributed by atoms with Crippen LogP contribution >= 0.6 is 0 Å². The third-order valence-corrected chi connectivity index (χ3v) is 4.05. The minimum absolute atomic E-state index is 0.199. The highest BCUT2D eigenvalue weighted by Crippen LogP contribution is 2.26. The second kappa shape index (κ2) is 6.55. The molecule has 0 aromatic heterocycles. The molecule has 16 heavy (non-hydrogen) atoms. The maximum Gasteiger partial charge on any atom is 0.0589 e. The molecule has 0 bridgehead atoms. The number of ether oxygens (including phenoxy) is 1. The van der Waals surface area contributed by atoms with Crippen molar-refractivity contribution in [1.29, 1.82) is 0 Å². The van der Waals surface area contributed by atoms with Crippen LogP contribution in [0, 0.1) is 0 Å². The fourth-order valence-electron chi connectivity index (χ4n) is 2.49. The lowest BCUT2D eigenvalue weighted by Crippen LogP contribution is -2.58. The number of nitrogens with two attached hydrogens (primary N) is 1. The van der Waals surface area contributed by atoms with Gasteiger partial charge in [0.15, 0.2) is 0 Å². The molecular formula is C12H27N3O. The Kier molecular flexibility index (Phi) is 5.69. The summed E-state index contributed by atoms with van der Waals surface area (Å²) in [6, 6.07) is 0. The average Bonchev–Trinajstić information content (AvgIpc) is 2.35. The van der Waals surface area contributed by atoms with Crippen LogP contribution in [0.25, 0.3) is 0 Å². The van der Waals surface area contributed by atoms with Gasteiger partial charge in [-0.3, -0.25) is 4.90 Å². The summed E-state index contributed by atoms with van der Waals surface area (Å²) >= 11 is 0. The van der Waals surface area contributed by atoms with Gasteiger partial charge in [-0.1, -0.05) is 6.92 Å². The van der Waals surface area contributed by atoms with Crippen molar-refractivity contribution >= 4 is 0 Å². The Bertz CT molecular complexity index is 191. The highest BCUT2D eigenvalue weighted by Gasteiger charge is 2.36.